The maximum Gasteiger partial charge on any atom is 0.288 e. The van der Waals surface area contributed by atoms with Crippen LogP contribution in [-0.2, 0) is 14.8 Å². The lowest BCUT2D eigenvalue weighted by molar-refractivity contribution is -0.114. The average Bonchev–Trinajstić information content (AvgIpc) is 2.54. The van der Waals surface area contributed by atoms with Gasteiger partial charge in [-0.05, 0) is 42.8 Å². The Morgan fingerprint density at radius 1 is 1.15 bits per heavy atom. The normalized spacial score (nSPS) is 11.4. The molecule has 0 bridgehead atoms. The summed E-state index contributed by atoms with van der Waals surface area (Å²) in [4.78, 5) is 12.6. The van der Waals surface area contributed by atoms with E-state index in [1.165, 1.54) is 24.3 Å². The van der Waals surface area contributed by atoms with E-state index in [0.717, 1.165) is 16.1 Å². The molecule has 1 amide bonds. The standard InChI is InChI=1S/C17H18F2N2O3S2/c1-12-5-3-4-6-15(12)21(26(2,23)24)11-16(22)20-13-7-9-14(10-8-13)25-17(18)19/h3-10,17H,11H2,1-2H3,(H,20,22). The van der Waals surface area contributed by atoms with Gasteiger partial charge in [-0.15, -0.1) is 0 Å². The van der Waals surface area contributed by atoms with Crippen LogP contribution in [0.3, 0.4) is 0 Å². The van der Waals surface area contributed by atoms with E-state index in [9.17, 15) is 22.0 Å². The van der Waals surface area contributed by atoms with Gasteiger partial charge in [-0.1, -0.05) is 30.0 Å². The minimum Gasteiger partial charge on any atom is -0.325 e. The molecule has 0 aromatic heterocycles. The SMILES string of the molecule is Cc1ccccc1N(CC(=O)Nc1ccc(SC(F)F)cc1)S(C)(=O)=O. The highest BCUT2D eigenvalue weighted by Gasteiger charge is 2.22. The van der Waals surface area contributed by atoms with Crippen LogP contribution in [0.1, 0.15) is 5.56 Å². The summed E-state index contributed by atoms with van der Waals surface area (Å²) in [5.41, 5.74) is 1.54. The number of halogens is 2. The van der Waals surface area contributed by atoms with Crippen molar-refractivity contribution in [3.05, 3.63) is 54.1 Å². The largest absolute Gasteiger partial charge is 0.325 e. The third kappa shape index (κ3) is 5.70. The molecule has 26 heavy (non-hydrogen) atoms. The molecule has 0 atom stereocenters. The first-order valence-corrected chi connectivity index (χ1v) is 10.3. The topological polar surface area (TPSA) is 66.5 Å². The van der Waals surface area contributed by atoms with E-state index in [0.29, 0.717) is 28.0 Å². The molecule has 140 valence electrons. The molecule has 0 spiro atoms. The highest BCUT2D eigenvalue weighted by Crippen LogP contribution is 2.26. The van der Waals surface area contributed by atoms with Gasteiger partial charge in [0.2, 0.25) is 15.9 Å². The maximum atomic E-state index is 12.3. The van der Waals surface area contributed by atoms with E-state index in [4.69, 9.17) is 0 Å². The molecule has 0 saturated carbocycles. The molecule has 0 unspecified atom stereocenters. The third-order valence-electron chi connectivity index (χ3n) is 3.43. The molecule has 0 aliphatic carbocycles. The lowest BCUT2D eigenvalue weighted by Gasteiger charge is -2.23. The number of nitrogens with zero attached hydrogens (tertiary/aromatic N) is 1. The highest BCUT2D eigenvalue weighted by molar-refractivity contribution is 7.99. The fraction of sp³-hybridized carbons (Fsp3) is 0.235. The summed E-state index contributed by atoms with van der Waals surface area (Å²) in [7, 11) is -3.66. The van der Waals surface area contributed by atoms with Crippen LogP contribution in [0.5, 0.6) is 0 Å². The Bertz CT molecular complexity index is 872. The van der Waals surface area contributed by atoms with Crippen molar-refractivity contribution >= 4 is 39.1 Å². The zero-order valence-electron chi connectivity index (χ0n) is 14.1. The Morgan fingerprint density at radius 2 is 1.77 bits per heavy atom. The predicted octanol–water partition coefficient (Wildman–Crippen LogP) is 3.71. The summed E-state index contributed by atoms with van der Waals surface area (Å²) in [6.45, 7) is 1.36. The van der Waals surface area contributed by atoms with Crippen LogP contribution in [-0.4, -0.2) is 32.9 Å². The fourth-order valence-corrected chi connectivity index (χ4v) is 3.69. The molecule has 0 aliphatic rings. The number of aryl methyl sites for hydroxylation is 1. The van der Waals surface area contributed by atoms with E-state index in [-0.39, 0.29) is 0 Å². The second-order valence-electron chi connectivity index (χ2n) is 5.51. The van der Waals surface area contributed by atoms with E-state index >= 15 is 0 Å². The van der Waals surface area contributed by atoms with Crippen LogP contribution in [0.25, 0.3) is 0 Å². The zero-order chi connectivity index (χ0) is 19.3. The van der Waals surface area contributed by atoms with E-state index in [1.807, 2.05) is 0 Å². The first-order chi connectivity index (χ1) is 12.2. The van der Waals surface area contributed by atoms with Gasteiger partial charge in [0, 0.05) is 10.6 Å². The van der Waals surface area contributed by atoms with Crippen LogP contribution in [0.2, 0.25) is 0 Å². The molecule has 2 aromatic rings. The first-order valence-electron chi connectivity index (χ1n) is 7.55. The van der Waals surface area contributed by atoms with Crippen molar-refractivity contribution in [2.45, 2.75) is 17.6 Å². The number of para-hydroxylation sites is 1. The van der Waals surface area contributed by atoms with Gasteiger partial charge in [0.05, 0.1) is 11.9 Å². The number of anilines is 2. The fourth-order valence-electron chi connectivity index (χ4n) is 2.27. The molecule has 2 rings (SSSR count). The molecule has 0 fully saturated rings. The number of carbonyl (C=O) groups excluding carboxylic acids is 1. The maximum absolute atomic E-state index is 12.3. The van der Waals surface area contributed by atoms with Gasteiger partial charge in [0.25, 0.3) is 5.76 Å². The Morgan fingerprint density at radius 3 is 2.31 bits per heavy atom. The number of benzene rings is 2. The van der Waals surface area contributed by atoms with Crippen molar-refractivity contribution in [2.75, 3.05) is 22.4 Å². The monoisotopic (exact) mass is 400 g/mol. The quantitative estimate of drug-likeness (QED) is 0.720. The van der Waals surface area contributed by atoms with Crippen LogP contribution >= 0.6 is 11.8 Å². The van der Waals surface area contributed by atoms with E-state index in [2.05, 4.69) is 5.32 Å². The van der Waals surface area contributed by atoms with Crippen LogP contribution < -0.4 is 9.62 Å². The van der Waals surface area contributed by atoms with Crippen molar-refractivity contribution in [3.8, 4) is 0 Å². The van der Waals surface area contributed by atoms with Gasteiger partial charge in [0.1, 0.15) is 6.54 Å². The number of alkyl halides is 2. The molecule has 0 saturated heterocycles. The van der Waals surface area contributed by atoms with Gasteiger partial charge in [0.15, 0.2) is 0 Å². The Labute approximate surface area is 155 Å². The second-order valence-corrected chi connectivity index (χ2v) is 8.48. The minimum absolute atomic E-state index is 0.371. The lowest BCUT2D eigenvalue weighted by atomic mass is 10.2. The van der Waals surface area contributed by atoms with Crippen molar-refractivity contribution in [1.82, 2.24) is 0 Å². The summed E-state index contributed by atoms with van der Waals surface area (Å²) in [5, 5.41) is 2.57. The number of amides is 1. The molecule has 2 aromatic carbocycles. The smallest absolute Gasteiger partial charge is 0.288 e. The number of thioether (sulfide) groups is 1. The second kappa shape index (κ2) is 8.50. The number of hydrogen-bond acceptors (Lipinski definition) is 4. The lowest BCUT2D eigenvalue weighted by Crippen LogP contribution is -2.37. The molecule has 5 nitrogen and oxygen atoms in total. The first kappa shape index (κ1) is 20.2. The zero-order valence-corrected chi connectivity index (χ0v) is 15.8. The van der Waals surface area contributed by atoms with Crippen molar-refractivity contribution in [2.24, 2.45) is 0 Å². The number of rotatable bonds is 7. The van der Waals surface area contributed by atoms with E-state index < -0.39 is 28.2 Å². The summed E-state index contributed by atoms with van der Waals surface area (Å²) >= 11 is 0.405. The number of nitrogens with one attached hydrogen (secondary N) is 1. The average molecular weight is 400 g/mol. The highest BCUT2D eigenvalue weighted by atomic mass is 32.2. The summed E-state index contributed by atoms with van der Waals surface area (Å²) < 4.78 is 49.8. The van der Waals surface area contributed by atoms with E-state index in [1.54, 1.807) is 31.2 Å². The molecular formula is C17H18F2N2O3S2. The predicted molar refractivity (Wildman–Crippen MR) is 100 cm³/mol. The number of carbonyl (C=O) groups is 1. The minimum atomic E-state index is -3.66. The van der Waals surface area contributed by atoms with Crippen LogP contribution in [0.15, 0.2) is 53.4 Å². The Hall–Kier alpha value is -2.13. The van der Waals surface area contributed by atoms with Crippen molar-refractivity contribution in [3.63, 3.8) is 0 Å². The summed E-state index contributed by atoms with van der Waals surface area (Å²) in [6, 6.07) is 12.7. The Balaban J connectivity index is 2.12. The molecular weight excluding hydrogens is 382 g/mol. The molecule has 0 radical (unpaired) electrons. The summed E-state index contributed by atoms with van der Waals surface area (Å²) in [5.74, 6) is -3.05. The van der Waals surface area contributed by atoms with Gasteiger partial charge in [-0.3, -0.25) is 9.10 Å². The summed E-state index contributed by atoms with van der Waals surface area (Å²) in [6.07, 6.45) is 1.03. The van der Waals surface area contributed by atoms with Crippen molar-refractivity contribution in [1.29, 1.82) is 0 Å². The van der Waals surface area contributed by atoms with Gasteiger partial charge in [-0.2, -0.15) is 8.78 Å². The molecule has 9 heteroatoms. The van der Waals surface area contributed by atoms with Gasteiger partial charge in [-0.25, -0.2) is 8.42 Å². The molecule has 0 aliphatic heterocycles. The third-order valence-corrected chi connectivity index (χ3v) is 5.28. The Kier molecular flexibility index (Phi) is 6.60. The van der Waals surface area contributed by atoms with Crippen molar-refractivity contribution < 1.29 is 22.0 Å². The molecule has 1 N–H and O–H groups in total. The van der Waals surface area contributed by atoms with Gasteiger partial charge < -0.3 is 5.32 Å². The number of sulfonamides is 1. The number of hydrogen-bond donors (Lipinski definition) is 1. The van der Waals surface area contributed by atoms with Crippen LogP contribution in [0.4, 0.5) is 20.2 Å². The van der Waals surface area contributed by atoms with Gasteiger partial charge >= 0.3 is 0 Å². The molecule has 0 heterocycles. The van der Waals surface area contributed by atoms with Crippen LogP contribution in [0, 0.1) is 6.92 Å².